The molecule has 1 aliphatic carbocycles. The van der Waals surface area contributed by atoms with Crippen LogP contribution in [-0.4, -0.2) is 36.1 Å². The van der Waals surface area contributed by atoms with Gasteiger partial charge in [0.25, 0.3) is 5.91 Å². The van der Waals surface area contributed by atoms with Crippen molar-refractivity contribution in [1.82, 2.24) is 4.90 Å². The smallest absolute Gasteiger partial charge is 0.253 e. The van der Waals surface area contributed by atoms with Gasteiger partial charge in [0.05, 0.1) is 0 Å². The molecule has 0 saturated heterocycles. The molecule has 1 aromatic carbocycles. The van der Waals surface area contributed by atoms with Crippen LogP contribution < -0.4 is 0 Å². The summed E-state index contributed by atoms with van der Waals surface area (Å²) >= 11 is 0. The van der Waals surface area contributed by atoms with Gasteiger partial charge in [0, 0.05) is 24.7 Å². The van der Waals surface area contributed by atoms with Gasteiger partial charge in [-0.25, -0.2) is 0 Å². The summed E-state index contributed by atoms with van der Waals surface area (Å²) in [5.74, 6) is 6.18. The van der Waals surface area contributed by atoms with Crippen molar-refractivity contribution in [2.75, 3.05) is 20.2 Å². The van der Waals surface area contributed by atoms with E-state index >= 15 is 0 Å². The number of aryl methyl sites for hydroxylation is 1. The fraction of sp³-hybridized carbons (Fsp3) is 0.438. The van der Waals surface area contributed by atoms with Gasteiger partial charge in [0.2, 0.25) is 0 Å². The van der Waals surface area contributed by atoms with Crippen LogP contribution in [0, 0.1) is 24.7 Å². The number of carbonyl (C=O) groups is 1. The molecule has 1 amide bonds. The second-order valence-electron chi connectivity index (χ2n) is 5.12. The van der Waals surface area contributed by atoms with E-state index in [1.807, 2.05) is 32.2 Å². The van der Waals surface area contributed by atoms with Crippen LogP contribution in [0.1, 0.15) is 34.3 Å². The minimum Gasteiger partial charge on any atom is -0.384 e. The Balaban J connectivity index is 2.18. The van der Waals surface area contributed by atoms with Gasteiger partial charge in [-0.2, -0.15) is 0 Å². The molecule has 1 aliphatic rings. The summed E-state index contributed by atoms with van der Waals surface area (Å²) in [5, 5.41) is 8.71. The number of benzene rings is 1. The van der Waals surface area contributed by atoms with E-state index in [1.54, 1.807) is 4.90 Å². The fourth-order valence-corrected chi connectivity index (χ4v) is 2.05. The molecule has 3 nitrogen and oxygen atoms in total. The maximum absolute atomic E-state index is 12.4. The number of hydrogen-bond acceptors (Lipinski definition) is 2. The highest BCUT2D eigenvalue weighted by atomic mass is 16.2. The Morgan fingerprint density at radius 3 is 2.84 bits per heavy atom. The van der Waals surface area contributed by atoms with E-state index in [1.165, 1.54) is 12.8 Å². The molecule has 0 radical (unpaired) electrons. The lowest BCUT2D eigenvalue weighted by atomic mass is 10.0. The topological polar surface area (TPSA) is 40.5 Å². The number of aliphatic hydroxyl groups is 1. The third-order valence-corrected chi connectivity index (χ3v) is 3.36. The number of aliphatic hydroxyl groups excluding tert-OH is 1. The third kappa shape index (κ3) is 3.59. The summed E-state index contributed by atoms with van der Waals surface area (Å²) < 4.78 is 0. The minimum absolute atomic E-state index is 0.0528. The molecule has 2 rings (SSSR count). The predicted octanol–water partition coefficient (Wildman–Crippen LogP) is 1.82. The summed E-state index contributed by atoms with van der Waals surface area (Å²) in [7, 11) is 1.85. The lowest BCUT2D eigenvalue weighted by Crippen LogP contribution is -2.29. The first-order valence-corrected chi connectivity index (χ1v) is 6.57. The van der Waals surface area contributed by atoms with Gasteiger partial charge < -0.3 is 10.0 Å². The number of rotatable bonds is 3. The molecule has 1 N–H and O–H groups in total. The first-order valence-electron chi connectivity index (χ1n) is 6.57. The zero-order valence-corrected chi connectivity index (χ0v) is 11.4. The average molecular weight is 257 g/mol. The quantitative estimate of drug-likeness (QED) is 0.839. The molecule has 0 spiro atoms. The normalized spacial score (nSPS) is 13.6. The summed E-state index contributed by atoms with van der Waals surface area (Å²) in [6, 6.07) is 5.58. The Bertz CT molecular complexity index is 535. The van der Waals surface area contributed by atoms with E-state index in [-0.39, 0.29) is 12.5 Å². The van der Waals surface area contributed by atoms with E-state index < -0.39 is 0 Å². The number of hydrogen-bond donors (Lipinski definition) is 1. The SMILES string of the molecule is Cc1ccc(C#CCO)cc1C(=O)N(C)CC1CC1. The Morgan fingerprint density at radius 1 is 1.47 bits per heavy atom. The van der Waals surface area contributed by atoms with Crippen molar-refractivity contribution in [3.05, 3.63) is 34.9 Å². The molecule has 3 heteroatoms. The summed E-state index contributed by atoms with van der Waals surface area (Å²) in [5.41, 5.74) is 2.43. The fourth-order valence-electron chi connectivity index (χ4n) is 2.05. The predicted molar refractivity (Wildman–Crippen MR) is 74.8 cm³/mol. The molecule has 0 aromatic heterocycles. The molecule has 1 saturated carbocycles. The summed E-state index contributed by atoms with van der Waals surface area (Å²) in [4.78, 5) is 14.2. The van der Waals surface area contributed by atoms with Crippen LogP contribution in [0.25, 0.3) is 0 Å². The molecule has 0 bridgehead atoms. The third-order valence-electron chi connectivity index (χ3n) is 3.36. The molecular formula is C16H19NO2. The van der Waals surface area contributed by atoms with Crippen LogP contribution in [0.3, 0.4) is 0 Å². The van der Waals surface area contributed by atoms with E-state index in [9.17, 15) is 4.79 Å². The van der Waals surface area contributed by atoms with Crippen molar-refractivity contribution in [2.24, 2.45) is 5.92 Å². The van der Waals surface area contributed by atoms with Crippen LogP contribution in [0.5, 0.6) is 0 Å². The second-order valence-corrected chi connectivity index (χ2v) is 5.12. The lowest BCUT2D eigenvalue weighted by Gasteiger charge is -2.18. The van der Waals surface area contributed by atoms with Gasteiger partial charge in [-0.3, -0.25) is 4.79 Å². The average Bonchev–Trinajstić information content (AvgIpc) is 3.21. The highest BCUT2D eigenvalue weighted by Gasteiger charge is 2.25. The van der Waals surface area contributed by atoms with E-state index in [2.05, 4.69) is 11.8 Å². The van der Waals surface area contributed by atoms with Crippen molar-refractivity contribution >= 4 is 5.91 Å². The zero-order valence-electron chi connectivity index (χ0n) is 11.4. The molecule has 0 heterocycles. The highest BCUT2D eigenvalue weighted by molar-refractivity contribution is 5.95. The molecule has 100 valence electrons. The van der Waals surface area contributed by atoms with Crippen LogP contribution in [0.2, 0.25) is 0 Å². The summed E-state index contributed by atoms with van der Waals surface area (Å²) in [6.45, 7) is 2.60. The maximum atomic E-state index is 12.4. The molecule has 19 heavy (non-hydrogen) atoms. The van der Waals surface area contributed by atoms with Gasteiger partial charge >= 0.3 is 0 Å². The van der Waals surface area contributed by atoms with E-state index in [0.29, 0.717) is 11.5 Å². The summed E-state index contributed by atoms with van der Waals surface area (Å²) in [6.07, 6.45) is 2.47. The van der Waals surface area contributed by atoms with Gasteiger partial charge in [-0.05, 0) is 43.4 Å². The minimum atomic E-state index is -0.168. The Labute approximate surface area is 114 Å². The Hall–Kier alpha value is -1.79. The van der Waals surface area contributed by atoms with E-state index in [4.69, 9.17) is 5.11 Å². The van der Waals surface area contributed by atoms with Gasteiger partial charge in [0.15, 0.2) is 0 Å². The van der Waals surface area contributed by atoms with Crippen molar-refractivity contribution in [1.29, 1.82) is 0 Å². The van der Waals surface area contributed by atoms with E-state index in [0.717, 1.165) is 17.7 Å². The van der Waals surface area contributed by atoms with Crippen LogP contribution in [0.15, 0.2) is 18.2 Å². The van der Waals surface area contributed by atoms with Crippen LogP contribution in [-0.2, 0) is 0 Å². The molecule has 0 atom stereocenters. The Kier molecular flexibility index (Phi) is 4.24. The first-order chi connectivity index (χ1) is 9.11. The van der Waals surface area contributed by atoms with Crippen molar-refractivity contribution < 1.29 is 9.90 Å². The lowest BCUT2D eigenvalue weighted by molar-refractivity contribution is 0.0788. The van der Waals surface area contributed by atoms with Crippen molar-refractivity contribution in [3.8, 4) is 11.8 Å². The van der Waals surface area contributed by atoms with Gasteiger partial charge in [0.1, 0.15) is 6.61 Å². The molecule has 1 aromatic rings. The number of amides is 1. The molecule has 0 unspecified atom stereocenters. The highest BCUT2D eigenvalue weighted by Crippen LogP contribution is 2.29. The maximum Gasteiger partial charge on any atom is 0.253 e. The standard InChI is InChI=1S/C16H19NO2/c1-12-5-6-13(4-3-9-18)10-15(12)16(19)17(2)11-14-7-8-14/h5-6,10,14,18H,7-9,11H2,1-2H3. The van der Waals surface area contributed by atoms with Gasteiger partial charge in [-0.15, -0.1) is 0 Å². The van der Waals surface area contributed by atoms with Crippen LogP contribution >= 0.6 is 0 Å². The number of nitrogens with zero attached hydrogens (tertiary/aromatic N) is 1. The monoisotopic (exact) mass is 257 g/mol. The van der Waals surface area contributed by atoms with Crippen LogP contribution in [0.4, 0.5) is 0 Å². The van der Waals surface area contributed by atoms with Crippen molar-refractivity contribution in [3.63, 3.8) is 0 Å². The Morgan fingerprint density at radius 2 is 2.21 bits per heavy atom. The molecule has 0 aliphatic heterocycles. The molecular weight excluding hydrogens is 238 g/mol. The van der Waals surface area contributed by atoms with Crippen molar-refractivity contribution in [2.45, 2.75) is 19.8 Å². The second kappa shape index (κ2) is 5.90. The number of carbonyl (C=O) groups excluding carboxylic acids is 1. The molecule has 1 fully saturated rings. The largest absolute Gasteiger partial charge is 0.384 e. The van der Waals surface area contributed by atoms with Gasteiger partial charge in [-0.1, -0.05) is 17.9 Å². The zero-order chi connectivity index (χ0) is 13.8. The first kappa shape index (κ1) is 13.6.